The summed E-state index contributed by atoms with van der Waals surface area (Å²) in [5.74, 6) is -0.457. The molecule has 7 nitrogen and oxygen atoms in total. The van der Waals surface area contributed by atoms with Crippen molar-refractivity contribution in [2.45, 2.75) is 0 Å². The second-order valence-corrected chi connectivity index (χ2v) is 8.64. The molecule has 8 heteroatoms. The Kier molecular flexibility index (Phi) is 4.71. The van der Waals surface area contributed by atoms with Crippen LogP contribution in [0, 0.1) is 0 Å². The zero-order valence-electron chi connectivity index (χ0n) is 15.9. The lowest BCUT2D eigenvalue weighted by atomic mass is 10.0. The van der Waals surface area contributed by atoms with Crippen LogP contribution in [0.5, 0.6) is 5.75 Å². The van der Waals surface area contributed by atoms with Gasteiger partial charge in [-0.05, 0) is 47.5 Å². The Balaban J connectivity index is 1.74. The zero-order valence-corrected chi connectivity index (χ0v) is 16.7. The van der Waals surface area contributed by atoms with Gasteiger partial charge in [-0.1, -0.05) is 30.3 Å². The van der Waals surface area contributed by atoms with Gasteiger partial charge in [0.15, 0.2) is 5.76 Å². The monoisotopic (exact) mass is 422 g/mol. The average molecular weight is 422 g/mol. The molecule has 0 aliphatic carbocycles. The number of carbonyl (C=O) groups excluding carboxylic acids is 1. The summed E-state index contributed by atoms with van der Waals surface area (Å²) in [6, 6.07) is 18.2. The van der Waals surface area contributed by atoms with Crippen LogP contribution in [-0.2, 0) is 10.0 Å². The van der Waals surface area contributed by atoms with Gasteiger partial charge in [0.2, 0.25) is 15.8 Å². The van der Waals surface area contributed by atoms with Crippen molar-refractivity contribution in [1.29, 1.82) is 0 Å². The van der Waals surface area contributed by atoms with Crippen molar-refractivity contribution >= 4 is 38.2 Å². The number of nitrogen functional groups attached to an aromatic ring is 1. The summed E-state index contributed by atoms with van der Waals surface area (Å²) in [5.41, 5.74) is 9.03. The summed E-state index contributed by atoms with van der Waals surface area (Å²) in [6.07, 6.45) is 1.09. The molecule has 4 rings (SSSR count). The van der Waals surface area contributed by atoms with Crippen LogP contribution < -0.4 is 10.5 Å². The number of nitrogens with one attached hydrogen (secondary N) is 1. The van der Waals surface area contributed by atoms with Gasteiger partial charge in [0.05, 0.1) is 11.9 Å². The molecule has 0 spiro atoms. The molecule has 0 fully saturated rings. The molecule has 0 bridgehead atoms. The quantitative estimate of drug-likeness (QED) is 0.418. The summed E-state index contributed by atoms with van der Waals surface area (Å²) < 4.78 is 31.2. The van der Waals surface area contributed by atoms with Gasteiger partial charge < -0.3 is 15.3 Å². The molecule has 1 aromatic heterocycles. The smallest absolute Gasteiger partial charge is 0.230 e. The van der Waals surface area contributed by atoms with E-state index < -0.39 is 15.8 Å². The standard InChI is InChI=1S/C22H18N2O5S/c1-30(27,28)24-16-6-2-4-13(10-16)14-8-9-18-19(12-14)29-22(20(18)23)21(26)15-5-3-7-17(25)11-15/h2-12,24-25H,23H2,1H3. The van der Waals surface area contributed by atoms with Crippen molar-refractivity contribution in [1.82, 2.24) is 0 Å². The molecule has 30 heavy (non-hydrogen) atoms. The van der Waals surface area contributed by atoms with Crippen molar-refractivity contribution < 1.29 is 22.7 Å². The molecule has 1 heterocycles. The summed E-state index contributed by atoms with van der Waals surface area (Å²) in [6.45, 7) is 0. The number of benzene rings is 3. The van der Waals surface area contributed by atoms with E-state index >= 15 is 0 Å². The Morgan fingerprint density at radius 2 is 1.73 bits per heavy atom. The van der Waals surface area contributed by atoms with Crippen LogP contribution in [0.2, 0.25) is 0 Å². The topological polar surface area (TPSA) is 123 Å². The molecule has 0 radical (unpaired) electrons. The summed E-state index contributed by atoms with van der Waals surface area (Å²) >= 11 is 0. The molecular formula is C22H18N2O5S. The number of nitrogens with two attached hydrogens (primary N) is 1. The minimum Gasteiger partial charge on any atom is -0.508 e. The van der Waals surface area contributed by atoms with Crippen LogP contribution in [0.1, 0.15) is 16.1 Å². The van der Waals surface area contributed by atoms with E-state index in [2.05, 4.69) is 4.72 Å². The number of sulfonamides is 1. The highest BCUT2D eigenvalue weighted by Crippen LogP contribution is 2.34. The van der Waals surface area contributed by atoms with E-state index in [9.17, 15) is 18.3 Å². The summed E-state index contributed by atoms with van der Waals surface area (Å²) in [7, 11) is -3.39. The minimum atomic E-state index is -3.39. The first-order valence-corrected chi connectivity index (χ1v) is 10.8. The molecule has 152 valence electrons. The molecular weight excluding hydrogens is 404 g/mol. The Hall–Kier alpha value is -3.78. The molecule has 4 aromatic rings. The van der Waals surface area contributed by atoms with Crippen LogP contribution in [0.4, 0.5) is 11.4 Å². The van der Waals surface area contributed by atoms with Crippen LogP contribution in [0.3, 0.4) is 0 Å². The van der Waals surface area contributed by atoms with E-state index in [0.717, 1.165) is 17.4 Å². The lowest BCUT2D eigenvalue weighted by molar-refractivity contribution is 0.101. The summed E-state index contributed by atoms with van der Waals surface area (Å²) in [4.78, 5) is 12.8. The molecule has 0 amide bonds. The highest BCUT2D eigenvalue weighted by Gasteiger charge is 2.21. The molecule has 0 saturated heterocycles. The van der Waals surface area contributed by atoms with E-state index in [1.807, 2.05) is 12.1 Å². The normalized spacial score (nSPS) is 11.5. The molecule has 0 atom stereocenters. The Morgan fingerprint density at radius 1 is 1.00 bits per heavy atom. The fraction of sp³-hybridized carbons (Fsp3) is 0.0455. The van der Waals surface area contributed by atoms with Crippen LogP contribution in [0.25, 0.3) is 22.1 Å². The predicted molar refractivity (Wildman–Crippen MR) is 116 cm³/mol. The molecule has 0 unspecified atom stereocenters. The molecule has 0 saturated carbocycles. The Morgan fingerprint density at radius 3 is 2.47 bits per heavy atom. The van der Waals surface area contributed by atoms with Crippen LogP contribution in [0.15, 0.2) is 71.1 Å². The predicted octanol–water partition coefficient (Wildman–Crippen LogP) is 3.99. The number of carbonyl (C=O) groups is 1. The molecule has 0 aliphatic heterocycles. The first-order chi connectivity index (χ1) is 14.2. The van der Waals surface area contributed by atoms with Crippen molar-refractivity contribution in [3.05, 3.63) is 78.1 Å². The fourth-order valence-corrected chi connectivity index (χ4v) is 3.77. The highest BCUT2D eigenvalue weighted by atomic mass is 32.2. The number of fused-ring (bicyclic) bond motifs is 1. The lowest BCUT2D eigenvalue weighted by Gasteiger charge is -2.07. The van der Waals surface area contributed by atoms with Crippen LogP contribution >= 0.6 is 0 Å². The van der Waals surface area contributed by atoms with E-state index in [1.54, 1.807) is 42.5 Å². The van der Waals surface area contributed by atoms with Gasteiger partial charge in [0.25, 0.3) is 0 Å². The number of aromatic hydroxyl groups is 1. The van der Waals surface area contributed by atoms with Crippen molar-refractivity contribution in [2.24, 2.45) is 0 Å². The van der Waals surface area contributed by atoms with Gasteiger partial charge in [0.1, 0.15) is 11.3 Å². The second-order valence-electron chi connectivity index (χ2n) is 6.89. The number of ketones is 1. The van der Waals surface area contributed by atoms with Crippen LogP contribution in [-0.4, -0.2) is 25.6 Å². The third-order valence-electron chi connectivity index (χ3n) is 4.54. The number of hydrogen-bond acceptors (Lipinski definition) is 6. The first kappa shape index (κ1) is 19.5. The summed E-state index contributed by atoms with van der Waals surface area (Å²) in [5, 5.41) is 10.2. The molecule has 4 N–H and O–H groups in total. The van der Waals surface area contributed by atoms with Gasteiger partial charge in [-0.15, -0.1) is 0 Å². The largest absolute Gasteiger partial charge is 0.508 e. The zero-order chi connectivity index (χ0) is 21.5. The second kappa shape index (κ2) is 7.23. The minimum absolute atomic E-state index is 0.000226. The Bertz CT molecular complexity index is 1390. The van der Waals surface area contributed by atoms with Crippen molar-refractivity contribution in [3.8, 4) is 16.9 Å². The number of hydrogen-bond donors (Lipinski definition) is 3. The van der Waals surface area contributed by atoms with E-state index in [0.29, 0.717) is 16.7 Å². The maximum atomic E-state index is 12.8. The molecule has 3 aromatic carbocycles. The van der Waals surface area contributed by atoms with Crippen molar-refractivity contribution in [2.75, 3.05) is 16.7 Å². The molecule has 0 aliphatic rings. The van der Waals surface area contributed by atoms with Gasteiger partial charge in [-0.2, -0.15) is 0 Å². The van der Waals surface area contributed by atoms with Crippen molar-refractivity contribution in [3.63, 3.8) is 0 Å². The van der Waals surface area contributed by atoms with E-state index in [4.69, 9.17) is 10.2 Å². The SMILES string of the molecule is CS(=O)(=O)Nc1cccc(-c2ccc3c(N)c(C(=O)c4cccc(O)c4)oc3c2)c1. The number of rotatable bonds is 5. The Labute approximate surface area is 172 Å². The highest BCUT2D eigenvalue weighted by molar-refractivity contribution is 7.92. The van der Waals surface area contributed by atoms with Gasteiger partial charge >= 0.3 is 0 Å². The number of furan rings is 1. The maximum absolute atomic E-state index is 12.8. The third kappa shape index (κ3) is 3.85. The van der Waals surface area contributed by atoms with Gasteiger partial charge in [-0.25, -0.2) is 8.42 Å². The number of phenols is 1. The van der Waals surface area contributed by atoms with E-state index in [1.165, 1.54) is 12.1 Å². The number of anilines is 2. The van der Waals surface area contributed by atoms with Gasteiger partial charge in [0, 0.05) is 16.6 Å². The maximum Gasteiger partial charge on any atom is 0.230 e. The first-order valence-electron chi connectivity index (χ1n) is 8.95. The van der Waals surface area contributed by atoms with Gasteiger partial charge in [-0.3, -0.25) is 9.52 Å². The lowest BCUT2D eigenvalue weighted by Crippen LogP contribution is -2.09. The fourth-order valence-electron chi connectivity index (χ4n) is 3.22. The third-order valence-corrected chi connectivity index (χ3v) is 5.15. The van der Waals surface area contributed by atoms with E-state index in [-0.39, 0.29) is 22.8 Å². The average Bonchev–Trinajstić information content (AvgIpc) is 3.02. The number of phenolic OH excluding ortho intramolecular Hbond substituents is 1.